The lowest BCUT2D eigenvalue weighted by molar-refractivity contribution is -0.384. The largest absolute Gasteiger partial charge is 0.483 e. The van der Waals surface area contributed by atoms with E-state index in [4.69, 9.17) is 9.47 Å². The van der Waals surface area contributed by atoms with Gasteiger partial charge in [0.05, 0.1) is 4.92 Å². The van der Waals surface area contributed by atoms with Gasteiger partial charge in [-0.05, 0) is 26.0 Å². The van der Waals surface area contributed by atoms with Gasteiger partial charge >= 0.3 is 0 Å². The zero-order chi connectivity index (χ0) is 18.0. The van der Waals surface area contributed by atoms with E-state index in [0.717, 1.165) is 12.0 Å². The number of nitrogens with one attached hydrogen (secondary N) is 1. The number of amides is 1. The lowest BCUT2D eigenvalue weighted by atomic mass is 10.0. The molecule has 0 aliphatic carbocycles. The number of rotatable bonds is 5. The molecule has 1 amide bonds. The standard InChI is InChI=1S/C18H18N2O5/c1-18(2)10-12-5-3-8-15(17(12)25-18)24-11-16(21)19-13-6-4-7-14(9-13)20(22)23/h3-9H,10-11H2,1-2H3,(H,19,21). The molecule has 0 aromatic heterocycles. The van der Waals surface area contributed by atoms with Crippen molar-refractivity contribution in [1.82, 2.24) is 0 Å². The van der Waals surface area contributed by atoms with Crippen LogP contribution in [0.3, 0.4) is 0 Å². The van der Waals surface area contributed by atoms with E-state index in [1.165, 1.54) is 18.2 Å². The number of non-ortho nitro benzene ring substituents is 1. The van der Waals surface area contributed by atoms with Crippen LogP contribution in [0.1, 0.15) is 19.4 Å². The van der Waals surface area contributed by atoms with Gasteiger partial charge in [0.1, 0.15) is 5.60 Å². The van der Waals surface area contributed by atoms with E-state index in [1.54, 1.807) is 12.1 Å². The molecule has 2 aromatic carbocycles. The average molecular weight is 342 g/mol. The minimum absolute atomic E-state index is 0.0878. The van der Waals surface area contributed by atoms with Gasteiger partial charge in [-0.25, -0.2) is 0 Å². The normalized spacial score (nSPS) is 14.3. The second kappa shape index (κ2) is 6.43. The van der Waals surface area contributed by atoms with Crippen molar-refractivity contribution in [2.45, 2.75) is 25.9 Å². The van der Waals surface area contributed by atoms with Crippen molar-refractivity contribution in [2.75, 3.05) is 11.9 Å². The predicted octanol–water partition coefficient (Wildman–Crippen LogP) is 3.33. The number of anilines is 1. The summed E-state index contributed by atoms with van der Waals surface area (Å²) in [6.07, 6.45) is 0.777. The zero-order valence-corrected chi connectivity index (χ0v) is 13.9. The maximum Gasteiger partial charge on any atom is 0.271 e. The molecule has 0 spiro atoms. The predicted molar refractivity (Wildman–Crippen MR) is 92.1 cm³/mol. The number of fused-ring (bicyclic) bond motifs is 1. The van der Waals surface area contributed by atoms with Crippen molar-refractivity contribution in [3.05, 3.63) is 58.1 Å². The summed E-state index contributed by atoms with van der Waals surface area (Å²) in [5.74, 6) is 0.767. The van der Waals surface area contributed by atoms with Crippen LogP contribution < -0.4 is 14.8 Å². The number of hydrogen-bond donors (Lipinski definition) is 1. The van der Waals surface area contributed by atoms with Crippen LogP contribution in [0, 0.1) is 10.1 Å². The highest BCUT2D eigenvalue weighted by Gasteiger charge is 2.32. The summed E-state index contributed by atoms with van der Waals surface area (Å²) < 4.78 is 11.5. The van der Waals surface area contributed by atoms with E-state index < -0.39 is 10.8 Å². The molecule has 0 bridgehead atoms. The highest BCUT2D eigenvalue weighted by atomic mass is 16.6. The van der Waals surface area contributed by atoms with Crippen molar-refractivity contribution in [3.8, 4) is 11.5 Å². The number of carbonyl (C=O) groups excluding carboxylic acids is 1. The van der Waals surface area contributed by atoms with Gasteiger partial charge in [-0.3, -0.25) is 14.9 Å². The molecule has 1 aliphatic rings. The lowest BCUT2D eigenvalue weighted by Crippen LogP contribution is -2.25. The lowest BCUT2D eigenvalue weighted by Gasteiger charge is -2.18. The van der Waals surface area contributed by atoms with E-state index in [9.17, 15) is 14.9 Å². The number of carbonyl (C=O) groups is 1. The molecular weight excluding hydrogens is 324 g/mol. The molecular formula is C18H18N2O5. The number of benzene rings is 2. The molecule has 1 N–H and O–H groups in total. The smallest absolute Gasteiger partial charge is 0.271 e. The fourth-order valence-electron chi connectivity index (χ4n) is 2.74. The minimum Gasteiger partial charge on any atom is -0.483 e. The first-order valence-corrected chi connectivity index (χ1v) is 7.82. The summed E-state index contributed by atoms with van der Waals surface area (Å²) in [4.78, 5) is 22.3. The Morgan fingerprint density at radius 1 is 1.32 bits per heavy atom. The summed E-state index contributed by atoms with van der Waals surface area (Å²) in [5.41, 5.74) is 1.00. The molecule has 1 aliphatic heterocycles. The molecule has 7 heteroatoms. The number of nitro benzene ring substituents is 1. The molecule has 3 rings (SSSR count). The summed E-state index contributed by atoms with van der Waals surface area (Å²) in [6, 6.07) is 11.3. The van der Waals surface area contributed by atoms with Gasteiger partial charge in [0.2, 0.25) is 0 Å². The quantitative estimate of drug-likeness (QED) is 0.665. The van der Waals surface area contributed by atoms with E-state index in [2.05, 4.69) is 5.32 Å². The van der Waals surface area contributed by atoms with E-state index in [-0.39, 0.29) is 17.9 Å². The molecule has 7 nitrogen and oxygen atoms in total. The number of para-hydroxylation sites is 1. The van der Waals surface area contributed by atoms with Crippen LogP contribution in [0.15, 0.2) is 42.5 Å². The summed E-state index contributed by atoms with van der Waals surface area (Å²) >= 11 is 0. The number of nitro groups is 1. The third-order valence-electron chi connectivity index (χ3n) is 3.75. The van der Waals surface area contributed by atoms with E-state index in [0.29, 0.717) is 17.2 Å². The molecule has 0 unspecified atom stereocenters. The first-order valence-electron chi connectivity index (χ1n) is 7.82. The van der Waals surface area contributed by atoms with E-state index in [1.807, 2.05) is 26.0 Å². The Morgan fingerprint density at radius 2 is 2.08 bits per heavy atom. The fraction of sp³-hybridized carbons (Fsp3) is 0.278. The van der Waals surface area contributed by atoms with E-state index >= 15 is 0 Å². The van der Waals surface area contributed by atoms with Gasteiger partial charge in [0.15, 0.2) is 18.1 Å². The minimum atomic E-state index is -0.515. The number of ether oxygens (including phenoxy) is 2. The fourth-order valence-corrected chi connectivity index (χ4v) is 2.74. The second-order valence-electron chi connectivity index (χ2n) is 6.43. The van der Waals surface area contributed by atoms with Crippen molar-refractivity contribution < 1.29 is 19.2 Å². The van der Waals surface area contributed by atoms with Crippen molar-refractivity contribution in [2.24, 2.45) is 0 Å². The monoisotopic (exact) mass is 342 g/mol. The van der Waals surface area contributed by atoms with Gasteiger partial charge in [-0.15, -0.1) is 0 Å². The maximum atomic E-state index is 12.0. The Hall–Kier alpha value is -3.09. The van der Waals surface area contributed by atoms with Crippen LogP contribution in [0.5, 0.6) is 11.5 Å². The Kier molecular flexibility index (Phi) is 4.31. The van der Waals surface area contributed by atoms with Crippen molar-refractivity contribution in [1.29, 1.82) is 0 Å². The molecule has 1 heterocycles. The van der Waals surface area contributed by atoms with Gasteiger partial charge in [0, 0.05) is 29.8 Å². The SMILES string of the molecule is CC1(C)Cc2cccc(OCC(=O)Nc3cccc([N+](=O)[O-])c3)c2O1. The molecule has 0 radical (unpaired) electrons. The van der Waals surface area contributed by atoms with Crippen LogP contribution in [0.2, 0.25) is 0 Å². The average Bonchev–Trinajstić information content (AvgIpc) is 2.87. The molecule has 2 aromatic rings. The van der Waals surface area contributed by atoms with Gasteiger partial charge in [-0.2, -0.15) is 0 Å². The van der Waals surface area contributed by atoms with Crippen molar-refractivity contribution in [3.63, 3.8) is 0 Å². The van der Waals surface area contributed by atoms with Crippen LogP contribution in [0.25, 0.3) is 0 Å². The summed E-state index contributed by atoms with van der Waals surface area (Å²) in [5, 5.41) is 13.3. The third kappa shape index (κ3) is 3.88. The van der Waals surface area contributed by atoms with Crippen LogP contribution in [0.4, 0.5) is 11.4 Å². The molecule has 0 saturated heterocycles. The zero-order valence-electron chi connectivity index (χ0n) is 13.9. The first-order chi connectivity index (χ1) is 11.8. The first kappa shape index (κ1) is 16.8. The molecule has 0 fully saturated rings. The highest BCUT2D eigenvalue weighted by molar-refractivity contribution is 5.92. The Balaban J connectivity index is 1.64. The Bertz CT molecular complexity index is 832. The van der Waals surface area contributed by atoms with Gasteiger partial charge in [-0.1, -0.05) is 18.2 Å². The molecule has 130 valence electrons. The number of hydrogen-bond acceptors (Lipinski definition) is 5. The number of nitrogens with zero attached hydrogens (tertiary/aromatic N) is 1. The second-order valence-corrected chi connectivity index (χ2v) is 6.43. The Morgan fingerprint density at radius 3 is 2.84 bits per heavy atom. The Labute approximate surface area is 144 Å². The van der Waals surface area contributed by atoms with Gasteiger partial charge < -0.3 is 14.8 Å². The van der Waals surface area contributed by atoms with Gasteiger partial charge in [0.25, 0.3) is 11.6 Å². The summed E-state index contributed by atoms with van der Waals surface area (Å²) in [7, 11) is 0. The molecule has 0 saturated carbocycles. The topological polar surface area (TPSA) is 90.7 Å². The van der Waals surface area contributed by atoms with Crippen LogP contribution >= 0.6 is 0 Å². The third-order valence-corrected chi connectivity index (χ3v) is 3.75. The summed E-state index contributed by atoms with van der Waals surface area (Å²) in [6.45, 7) is 3.76. The molecule has 0 atom stereocenters. The van der Waals surface area contributed by atoms with Crippen molar-refractivity contribution >= 4 is 17.3 Å². The van der Waals surface area contributed by atoms with Crippen LogP contribution in [-0.2, 0) is 11.2 Å². The molecule has 25 heavy (non-hydrogen) atoms. The van der Waals surface area contributed by atoms with Crippen LogP contribution in [-0.4, -0.2) is 23.0 Å². The maximum absolute atomic E-state index is 12.0. The highest BCUT2D eigenvalue weighted by Crippen LogP contribution is 2.41.